The number of hydrogen-bond donors (Lipinski definition) is 0. The van der Waals surface area contributed by atoms with E-state index in [1.165, 1.54) is 0 Å². The summed E-state index contributed by atoms with van der Waals surface area (Å²) in [4.78, 5) is 0. The highest BCUT2D eigenvalue weighted by molar-refractivity contribution is 8.11. The SMILES string of the molecule is O=S(=O)(Cl)N1CCOC1. The fourth-order valence-corrected chi connectivity index (χ4v) is 1.39. The Morgan fingerprint density at radius 1 is 1.56 bits per heavy atom. The number of nitrogens with zero attached hydrogens (tertiary/aromatic N) is 1. The molecule has 54 valence electrons. The van der Waals surface area contributed by atoms with Gasteiger partial charge < -0.3 is 4.74 Å². The zero-order chi connectivity index (χ0) is 6.91. The number of rotatable bonds is 1. The number of ether oxygens (including phenoxy) is 1. The molecule has 1 heterocycles. The van der Waals surface area contributed by atoms with Gasteiger partial charge in [0, 0.05) is 17.2 Å². The lowest BCUT2D eigenvalue weighted by Gasteiger charge is -2.04. The maximum absolute atomic E-state index is 10.4. The van der Waals surface area contributed by atoms with Crippen LogP contribution in [0.3, 0.4) is 0 Å². The van der Waals surface area contributed by atoms with Crippen LogP contribution in [0, 0.1) is 0 Å². The van der Waals surface area contributed by atoms with Crippen LogP contribution in [0.2, 0.25) is 0 Å². The molecule has 0 saturated carbocycles. The predicted molar refractivity (Wildman–Crippen MR) is 32.3 cm³/mol. The minimum absolute atomic E-state index is 0.0891. The first-order valence-corrected chi connectivity index (χ1v) is 4.65. The smallest absolute Gasteiger partial charge is 0.301 e. The van der Waals surface area contributed by atoms with E-state index in [1.807, 2.05) is 0 Å². The first-order valence-electron chi connectivity index (χ1n) is 2.38. The molecule has 0 aromatic heterocycles. The van der Waals surface area contributed by atoms with Gasteiger partial charge in [-0.1, -0.05) is 0 Å². The highest BCUT2D eigenvalue weighted by Gasteiger charge is 2.22. The second kappa shape index (κ2) is 2.42. The minimum Gasteiger partial charge on any atom is -0.364 e. The fraction of sp³-hybridized carbons (Fsp3) is 1.00. The summed E-state index contributed by atoms with van der Waals surface area (Å²) in [6, 6.07) is 0. The molecular formula is C3H6ClNO3S. The Morgan fingerprint density at radius 3 is 2.44 bits per heavy atom. The van der Waals surface area contributed by atoms with Crippen molar-refractivity contribution in [2.75, 3.05) is 19.9 Å². The lowest BCUT2D eigenvalue weighted by molar-refractivity contribution is 0.173. The summed E-state index contributed by atoms with van der Waals surface area (Å²) in [5.41, 5.74) is 0. The lowest BCUT2D eigenvalue weighted by atomic mass is 10.7. The number of halogens is 1. The molecule has 0 bridgehead atoms. The summed E-state index contributed by atoms with van der Waals surface area (Å²) >= 11 is 0. The van der Waals surface area contributed by atoms with Gasteiger partial charge in [-0.2, -0.15) is 12.7 Å². The van der Waals surface area contributed by atoms with Gasteiger partial charge in [0.25, 0.3) is 0 Å². The van der Waals surface area contributed by atoms with Crippen molar-refractivity contribution >= 4 is 19.9 Å². The third-order valence-corrected chi connectivity index (χ3v) is 2.52. The van der Waals surface area contributed by atoms with Crippen molar-refractivity contribution in [3.8, 4) is 0 Å². The largest absolute Gasteiger partial charge is 0.364 e. The van der Waals surface area contributed by atoms with Gasteiger partial charge in [0.1, 0.15) is 6.73 Å². The Bertz CT molecular complexity index is 183. The molecule has 0 aliphatic carbocycles. The van der Waals surface area contributed by atoms with E-state index in [1.54, 1.807) is 0 Å². The minimum atomic E-state index is -3.52. The van der Waals surface area contributed by atoms with Crippen LogP contribution in [0.5, 0.6) is 0 Å². The Balaban J connectivity index is 2.63. The molecule has 1 fully saturated rings. The van der Waals surface area contributed by atoms with Gasteiger partial charge in [0.15, 0.2) is 0 Å². The third-order valence-electron chi connectivity index (χ3n) is 1.03. The average molecular weight is 172 g/mol. The van der Waals surface area contributed by atoms with E-state index in [0.29, 0.717) is 13.2 Å². The zero-order valence-electron chi connectivity index (χ0n) is 4.58. The van der Waals surface area contributed by atoms with Crippen molar-refractivity contribution in [1.29, 1.82) is 0 Å². The molecule has 9 heavy (non-hydrogen) atoms. The van der Waals surface area contributed by atoms with E-state index in [4.69, 9.17) is 15.4 Å². The highest BCUT2D eigenvalue weighted by atomic mass is 35.7. The molecule has 0 N–H and O–H groups in total. The van der Waals surface area contributed by atoms with Gasteiger partial charge in [-0.15, -0.1) is 0 Å². The van der Waals surface area contributed by atoms with Gasteiger partial charge in [-0.05, 0) is 0 Å². The van der Waals surface area contributed by atoms with Crippen molar-refractivity contribution in [1.82, 2.24) is 4.31 Å². The second-order valence-corrected chi connectivity index (χ2v) is 4.17. The molecule has 0 amide bonds. The van der Waals surface area contributed by atoms with E-state index in [0.717, 1.165) is 4.31 Å². The summed E-state index contributed by atoms with van der Waals surface area (Å²) in [6.45, 7) is 0.892. The van der Waals surface area contributed by atoms with Gasteiger partial charge in [-0.25, -0.2) is 0 Å². The quantitative estimate of drug-likeness (QED) is 0.512. The summed E-state index contributed by atoms with van der Waals surface area (Å²) < 4.78 is 26.7. The van der Waals surface area contributed by atoms with E-state index in [-0.39, 0.29) is 6.73 Å². The molecule has 0 aromatic rings. The van der Waals surface area contributed by atoms with Crippen molar-refractivity contribution < 1.29 is 13.2 Å². The van der Waals surface area contributed by atoms with Gasteiger partial charge in [0.2, 0.25) is 0 Å². The molecule has 0 aromatic carbocycles. The Kier molecular flexibility index (Phi) is 1.95. The first kappa shape index (κ1) is 7.27. The van der Waals surface area contributed by atoms with Crippen molar-refractivity contribution in [2.24, 2.45) is 0 Å². The van der Waals surface area contributed by atoms with Crippen LogP contribution in [0.4, 0.5) is 0 Å². The van der Waals surface area contributed by atoms with Crippen LogP contribution in [0.25, 0.3) is 0 Å². The molecule has 0 radical (unpaired) electrons. The Hall–Kier alpha value is 0.160. The first-order chi connectivity index (χ1) is 4.11. The molecule has 1 saturated heterocycles. The molecule has 4 nitrogen and oxygen atoms in total. The van der Waals surface area contributed by atoms with E-state index >= 15 is 0 Å². The standard InChI is InChI=1S/C3H6ClNO3S/c4-9(6,7)5-1-2-8-3-5/h1-3H2. The average Bonchev–Trinajstić information content (AvgIpc) is 2.08. The molecule has 1 rings (SSSR count). The normalized spacial score (nSPS) is 22.8. The Labute approximate surface area is 57.9 Å². The summed E-state index contributed by atoms with van der Waals surface area (Å²) in [7, 11) is 1.44. The molecule has 1 aliphatic rings. The van der Waals surface area contributed by atoms with Crippen LogP contribution < -0.4 is 0 Å². The van der Waals surface area contributed by atoms with Gasteiger partial charge in [-0.3, -0.25) is 0 Å². The van der Waals surface area contributed by atoms with Crippen LogP contribution in [-0.2, 0) is 14.0 Å². The molecule has 0 atom stereocenters. The third kappa shape index (κ3) is 1.79. The van der Waals surface area contributed by atoms with E-state index in [2.05, 4.69) is 0 Å². The van der Waals surface area contributed by atoms with Gasteiger partial charge >= 0.3 is 9.24 Å². The highest BCUT2D eigenvalue weighted by Crippen LogP contribution is 2.09. The fourth-order valence-electron chi connectivity index (χ4n) is 0.569. The van der Waals surface area contributed by atoms with Crippen molar-refractivity contribution in [3.05, 3.63) is 0 Å². The zero-order valence-corrected chi connectivity index (χ0v) is 6.15. The number of hydrogen-bond acceptors (Lipinski definition) is 3. The molecular weight excluding hydrogens is 166 g/mol. The summed E-state index contributed by atoms with van der Waals surface area (Å²) in [5, 5.41) is 0. The Morgan fingerprint density at radius 2 is 2.22 bits per heavy atom. The summed E-state index contributed by atoms with van der Waals surface area (Å²) in [5.74, 6) is 0. The van der Waals surface area contributed by atoms with Crippen LogP contribution in [0.15, 0.2) is 0 Å². The molecule has 1 aliphatic heterocycles. The molecule has 0 unspecified atom stereocenters. The maximum Gasteiger partial charge on any atom is 0.301 e. The van der Waals surface area contributed by atoms with E-state index in [9.17, 15) is 8.42 Å². The predicted octanol–water partition coefficient (Wildman–Crippen LogP) is -0.240. The lowest BCUT2D eigenvalue weighted by Crippen LogP contribution is -2.23. The topological polar surface area (TPSA) is 46.6 Å². The van der Waals surface area contributed by atoms with Crippen molar-refractivity contribution in [3.63, 3.8) is 0 Å². The van der Waals surface area contributed by atoms with E-state index < -0.39 is 9.24 Å². The van der Waals surface area contributed by atoms with Gasteiger partial charge in [0.05, 0.1) is 6.61 Å². The van der Waals surface area contributed by atoms with Crippen LogP contribution in [0.1, 0.15) is 0 Å². The summed E-state index contributed by atoms with van der Waals surface area (Å²) in [6.07, 6.45) is 0. The van der Waals surface area contributed by atoms with Crippen LogP contribution in [-0.4, -0.2) is 32.6 Å². The second-order valence-electron chi connectivity index (χ2n) is 1.65. The van der Waals surface area contributed by atoms with Crippen molar-refractivity contribution in [2.45, 2.75) is 0 Å². The van der Waals surface area contributed by atoms with Crippen LogP contribution >= 0.6 is 10.7 Å². The maximum atomic E-state index is 10.4. The monoisotopic (exact) mass is 171 g/mol. The molecule has 0 spiro atoms. The molecule has 6 heteroatoms.